The summed E-state index contributed by atoms with van der Waals surface area (Å²) in [6.45, 7) is 4.76. The third-order valence-corrected chi connectivity index (χ3v) is 2.79. The molecule has 0 unspecified atom stereocenters. The third kappa shape index (κ3) is 4.52. The summed E-state index contributed by atoms with van der Waals surface area (Å²) in [5.74, 6) is 2.02. The molecule has 0 amide bonds. The highest BCUT2D eigenvalue weighted by atomic mass is 16.5. The van der Waals surface area contributed by atoms with E-state index < -0.39 is 0 Å². The normalized spacial score (nSPS) is 11.1. The molecule has 0 spiro atoms. The van der Waals surface area contributed by atoms with Crippen LogP contribution >= 0.6 is 0 Å². The van der Waals surface area contributed by atoms with E-state index >= 15 is 0 Å². The van der Waals surface area contributed by atoms with Gasteiger partial charge in [0.1, 0.15) is 5.75 Å². The number of anilines is 1. The van der Waals surface area contributed by atoms with Gasteiger partial charge in [-0.15, -0.1) is 0 Å². The fourth-order valence-electron chi connectivity index (χ4n) is 1.69. The van der Waals surface area contributed by atoms with Crippen LogP contribution in [0.15, 0.2) is 12.1 Å². The van der Waals surface area contributed by atoms with Crippen LogP contribution in [0, 0.1) is 0 Å². The molecule has 0 heterocycles. The fourth-order valence-corrected chi connectivity index (χ4v) is 1.69. The fraction of sp³-hybridized carbons (Fsp3) is 0.571. The molecule has 0 saturated carbocycles. The number of ether oxygens (including phenoxy) is 3. The molecule has 5 nitrogen and oxygen atoms in total. The van der Waals surface area contributed by atoms with E-state index in [1.165, 1.54) is 0 Å². The topological polar surface area (TPSA) is 65.7 Å². The van der Waals surface area contributed by atoms with Crippen molar-refractivity contribution in [2.75, 3.05) is 33.2 Å². The van der Waals surface area contributed by atoms with Crippen LogP contribution in [0.3, 0.4) is 0 Å². The summed E-state index contributed by atoms with van der Waals surface area (Å²) in [5.41, 5.74) is 6.62. The van der Waals surface area contributed by atoms with E-state index in [2.05, 4.69) is 5.32 Å². The summed E-state index contributed by atoms with van der Waals surface area (Å²) in [7, 11) is 4.83. The lowest BCUT2D eigenvalue weighted by Gasteiger charge is -2.20. The summed E-state index contributed by atoms with van der Waals surface area (Å²) in [5, 5.41) is 3.31. The van der Waals surface area contributed by atoms with Crippen LogP contribution < -0.4 is 25.3 Å². The maximum atomic E-state index is 5.96. The van der Waals surface area contributed by atoms with Gasteiger partial charge >= 0.3 is 0 Å². The minimum Gasteiger partial charge on any atom is -0.494 e. The van der Waals surface area contributed by atoms with Gasteiger partial charge in [0, 0.05) is 24.2 Å². The molecule has 0 aliphatic rings. The van der Waals surface area contributed by atoms with Crippen molar-refractivity contribution in [2.24, 2.45) is 5.73 Å². The second-order valence-electron chi connectivity index (χ2n) is 5.07. The first kappa shape index (κ1) is 15.4. The lowest BCUT2D eigenvalue weighted by Crippen LogP contribution is -2.34. The molecular formula is C14H24N2O3. The molecule has 19 heavy (non-hydrogen) atoms. The van der Waals surface area contributed by atoms with Crippen molar-refractivity contribution >= 4 is 5.69 Å². The minimum atomic E-state index is -0.198. The Balaban J connectivity index is 2.86. The maximum absolute atomic E-state index is 5.96. The molecule has 5 heteroatoms. The van der Waals surface area contributed by atoms with Crippen molar-refractivity contribution in [3.63, 3.8) is 0 Å². The molecule has 3 N–H and O–H groups in total. The van der Waals surface area contributed by atoms with E-state index in [9.17, 15) is 0 Å². The van der Waals surface area contributed by atoms with Crippen molar-refractivity contribution in [1.29, 1.82) is 0 Å². The van der Waals surface area contributed by atoms with Gasteiger partial charge in [0.2, 0.25) is 0 Å². The highest BCUT2D eigenvalue weighted by Crippen LogP contribution is 2.37. The van der Waals surface area contributed by atoms with Crippen LogP contribution in [0.25, 0.3) is 0 Å². The first-order chi connectivity index (χ1) is 8.91. The molecule has 1 rings (SSSR count). The Morgan fingerprint density at radius 2 is 1.53 bits per heavy atom. The van der Waals surface area contributed by atoms with Crippen molar-refractivity contribution in [3.05, 3.63) is 12.1 Å². The van der Waals surface area contributed by atoms with Crippen molar-refractivity contribution in [2.45, 2.75) is 25.8 Å². The van der Waals surface area contributed by atoms with Crippen molar-refractivity contribution in [3.8, 4) is 17.2 Å². The molecular weight excluding hydrogens is 244 g/mol. The molecule has 0 saturated heterocycles. The Bertz CT molecular complexity index is 414. The molecule has 1 aromatic rings. The van der Waals surface area contributed by atoms with Gasteiger partial charge in [-0.1, -0.05) is 0 Å². The second kappa shape index (κ2) is 6.52. The lowest BCUT2D eigenvalue weighted by atomic mass is 10.0. The van der Waals surface area contributed by atoms with E-state index in [0.717, 1.165) is 18.7 Å². The zero-order chi connectivity index (χ0) is 14.5. The summed E-state index contributed by atoms with van der Waals surface area (Å²) in [6.07, 6.45) is 0.852. The van der Waals surface area contributed by atoms with Crippen LogP contribution in [-0.4, -0.2) is 33.4 Å². The molecule has 0 radical (unpaired) electrons. The maximum Gasteiger partial charge on any atom is 0.164 e. The molecule has 0 fully saturated rings. The number of rotatable bonds is 7. The molecule has 0 atom stereocenters. The Morgan fingerprint density at radius 1 is 1.00 bits per heavy atom. The average molecular weight is 268 g/mol. The van der Waals surface area contributed by atoms with E-state index in [0.29, 0.717) is 17.2 Å². The first-order valence-electron chi connectivity index (χ1n) is 6.24. The Morgan fingerprint density at radius 3 is 2.00 bits per heavy atom. The SMILES string of the molecule is COc1cc(OC)c(OC)cc1NCCC(C)(C)N. The van der Waals surface area contributed by atoms with Gasteiger partial charge in [-0.05, 0) is 20.3 Å². The van der Waals surface area contributed by atoms with Crippen LogP contribution in [0.4, 0.5) is 5.69 Å². The van der Waals surface area contributed by atoms with E-state index in [-0.39, 0.29) is 5.54 Å². The van der Waals surface area contributed by atoms with Crippen LogP contribution in [0.2, 0.25) is 0 Å². The molecule has 108 valence electrons. The largest absolute Gasteiger partial charge is 0.494 e. The van der Waals surface area contributed by atoms with Crippen molar-refractivity contribution < 1.29 is 14.2 Å². The van der Waals surface area contributed by atoms with Gasteiger partial charge in [-0.3, -0.25) is 0 Å². The van der Waals surface area contributed by atoms with Crippen LogP contribution in [-0.2, 0) is 0 Å². The summed E-state index contributed by atoms with van der Waals surface area (Å²) >= 11 is 0. The van der Waals surface area contributed by atoms with Crippen LogP contribution in [0.5, 0.6) is 17.2 Å². The number of hydrogen-bond donors (Lipinski definition) is 2. The lowest BCUT2D eigenvalue weighted by molar-refractivity contribution is 0.349. The first-order valence-corrected chi connectivity index (χ1v) is 6.24. The number of methoxy groups -OCH3 is 3. The van der Waals surface area contributed by atoms with E-state index in [1.807, 2.05) is 19.9 Å². The Kier molecular flexibility index (Phi) is 5.30. The Labute approximate surface area is 115 Å². The quantitative estimate of drug-likeness (QED) is 0.794. The number of hydrogen-bond acceptors (Lipinski definition) is 5. The number of nitrogens with one attached hydrogen (secondary N) is 1. The monoisotopic (exact) mass is 268 g/mol. The molecule has 0 aliphatic heterocycles. The van der Waals surface area contributed by atoms with Gasteiger partial charge in [-0.2, -0.15) is 0 Å². The molecule has 0 aliphatic carbocycles. The zero-order valence-electron chi connectivity index (χ0n) is 12.4. The van der Waals surface area contributed by atoms with Gasteiger partial charge < -0.3 is 25.3 Å². The number of nitrogens with two attached hydrogens (primary N) is 1. The average Bonchev–Trinajstić information content (AvgIpc) is 2.36. The molecule has 0 bridgehead atoms. The van der Waals surface area contributed by atoms with E-state index in [4.69, 9.17) is 19.9 Å². The molecule has 0 aromatic heterocycles. The number of benzene rings is 1. The smallest absolute Gasteiger partial charge is 0.164 e. The highest BCUT2D eigenvalue weighted by molar-refractivity contribution is 5.64. The van der Waals surface area contributed by atoms with Gasteiger partial charge in [-0.25, -0.2) is 0 Å². The summed E-state index contributed by atoms with van der Waals surface area (Å²) in [4.78, 5) is 0. The standard InChI is InChI=1S/C14H24N2O3/c1-14(2,15)6-7-16-10-8-12(18-4)13(19-5)9-11(10)17-3/h8-9,16H,6-7,15H2,1-5H3. The minimum absolute atomic E-state index is 0.198. The zero-order valence-corrected chi connectivity index (χ0v) is 12.4. The van der Waals surface area contributed by atoms with Gasteiger partial charge in [0.05, 0.1) is 27.0 Å². The summed E-state index contributed by atoms with van der Waals surface area (Å²) < 4.78 is 15.9. The second-order valence-corrected chi connectivity index (χ2v) is 5.07. The summed E-state index contributed by atoms with van der Waals surface area (Å²) in [6, 6.07) is 3.66. The highest BCUT2D eigenvalue weighted by Gasteiger charge is 2.13. The predicted octanol–water partition coefficient (Wildman–Crippen LogP) is 2.25. The van der Waals surface area contributed by atoms with Crippen molar-refractivity contribution in [1.82, 2.24) is 0 Å². The Hall–Kier alpha value is -1.62. The van der Waals surface area contributed by atoms with E-state index in [1.54, 1.807) is 27.4 Å². The van der Waals surface area contributed by atoms with Gasteiger partial charge in [0.25, 0.3) is 0 Å². The third-order valence-electron chi connectivity index (χ3n) is 2.79. The molecule has 1 aromatic carbocycles. The predicted molar refractivity (Wildman–Crippen MR) is 77.5 cm³/mol. The van der Waals surface area contributed by atoms with Gasteiger partial charge in [0.15, 0.2) is 11.5 Å². The van der Waals surface area contributed by atoms with Crippen LogP contribution in [0.1, 0.15) is 20.3 Å².